The summed E-state index contributed by atoms with van der Waals surface area (Å²) in [6, 6.07) is 9.72. The van der Waals surface area contributed by atoms with E-state index in [0.29, 0.717) is 32.1 Å². The maximum absolute atomic E-state index is 12.4. The van der Waals surface area contributed by atoms with Crippen molar-refractivity contribution in [3.63, 3.8) is 0 Å². The molecule has 0 heterocycles. The van der Waals surface area contributed by atoms with Crippen LogP contribution in [0.2, 0.25) is 0 Å². The highest BCUT2D eigenvalue weighted by Gasteiger charge is 2.33. The summed E-state index contributed by atoms with van der Waals surface area (Å²) in [5, 5.41) is 28.9. The molecule has 0 amide bonds. The third kappa shape index (κ3) is 7.79. The van der Waals surface area contributed by atoms with Crippen molar-refractivity contribution < 1.29 is 24.9 Å². The summed E-state index contributed by atoms with van der Waals surface area (Å²) < 4.78 is 0. The number of benzene rings is 1. The Morgan fingerprint density at radius 2 is 1.96 bits per heavy atom. The zero-order valence-electron chi connectivity index (χ0n) is 16.1. The van der Waals surface area contributed by atoms with Gasteiger partial charge in [-0.25, -0.2) is 0 Å². The third-order valence-corrected chi connectivity index (χ3v) is 5.10. The lowest BCUT2D eigenvalue weighted by Crippen LogP contribution is -2.34. The number of ketones is 1. The van der Waals surface area contributed by atoms with Gasteiger partial charge in [-0.3, -0.25) is 9.59 Å². The molecule has 152 valence electrons. The number of carboxylic acids is 1. The van der Waals surface area contributed by atoms with Gasteiger partial charge in [-0.1, -0.05) is 54.6 Å². The molecule has 0 bridgehead atoms. The summed E-state index contributed by atoms with van der Waals surface area (Å²) in [5.74, 6) is -1.07. The van der Waals surface area contributed by atoms with Gasteiger partial charge in [0.25, 0.3) is 0 Å². The van der Waals surface area contributed by atoms with Crippen molar-refractivity contribution in [3.8, 4) is 0 Å². The van der Waals surface area contributed by atoms with Gasteiger partial charge in [-0.05, 0) is 37.2 Å². The number of aliphatic hydroxyl groups is 2. The normalized spacial score (nSPS) is 24.1. The van der Waals surface area contributed by atoms with Crippen molar-refractivity contribution in [2.45, 2.75) is 57.2 Å². The predicted octanol–water partition coefficient (Wildman–Crippen LogP) is 3.30. The van der Waals surface area contributed by atoms with Crippen LogP contribution in [0.25, 0.3) is 0 Å². The minimum atomic E-state index is -0.802. The SMILES string of the molecule is O=C(O)CCCC=CC[C@H]1C(=O)C[C@@H](O)C[C@@H]1C=CC(O)Cc1ccccc1. The number of allylic oxidation sites excluding steroid dienone is 3. The molecule has 1 aliphatic rings. The Morgan fingerprint density at radius 3 is 2.68 bits per heavy atom. The van der Waals surface area contributed by atoms with E-state index in [1.54, 1.807) is 6.08 Å². The van der Waals surface area contributed by atoms with Crippen LogP contribution in [0.5, 0.6) is 0 Å². The quantitative estimate of drug-likeness (QED) is 0.424. The monoisotopic (exact) mass is 386 g/mol. The molecule has 1 aromatic rings. The lowest BCUT2D eigenvalue weighted by molar-refractivity contribution is -0.137. The zero-order valence-corrected chi connectivity index (χ0v) is 16.1. The van der Waals surface area contributed by atoms with Crippen molar-refractivity contribution in [1.29, 1.82) is 0 Å². The topological polar surface area (TPSA) is 94.8 Å². The molecular weight excluding hydrogens is 356 g/mol. The summed E-state index contributed by atoms with van der Waals surface area (Å²) in [7, 11) is 0. The zero-order chi connectivity index (χ0) is 20.4. The van der Waals surface area contributed by atoms with E-state index >= 15 is 0 Å². The fourth-order valence-corrected chi connectivity index (χ4v) is 3.63. The molecule has 4 atom stereocenters. The Hall–Kier alpha value is -2.24. The molecule has 1 aliphatic carbocycles. The van der Waals surface area contributed by atoms with Crippen molar-refractivity contribution >= 4 is 11.8 Å². The molecule has 28 heavy (non-hydrogen) atoms. The smallest absolute Gasteiger partial charge is 0.303 e. The van der Waals surface area contributed by atoms with Crippen LogP contribution in [0.4, 0.5) is 0 Å². The van der Waals surface area contributed by atoms with Gasteiger partial charge in [0.15, 0.2) is 0 Å². The average Bonchev–Trinajstić information content (AvgIpc) is 2.64. The van der Waals surface area contributed by atoms with Gasteiger partial charge in [0.05, 0.1) is 12.2 Å². The number of unbranched alkanes of at least 4 members (excludes halogenated alkanes) is 1. The van der Waals surface area contributed by atoms with E-state index in [0.717, 1.165) is 5.56 Å². The van der Waals surface area contributed by atoms with Gasteiger partial charge < -0.3 is 15.3 Å². The van der Waals surface area contributed by atoms with E-state index < -0.39 is 18.2 Å². The second-order valence-electron chi connectivity index (χ2n) is 7.47. The fourth-order valence-electron chi connectivity index (χ4n) is 3.63. The molecular formula is C23H30O5. The lowest BCUT2D eigenvalue weighted by atomic mass is 9.75. The first kappa shape index (κ1) is 22.1. The number of rotatable bonds is 10. The molecule has 1 fully saturated rings. The Bertz CT molecular complexity index is 679. The Labute approximate surface area is 166 Å². The van der Waals surface area contributed by atoms with E-state index in [-0.39, 0.29) is 30.5 Å². The van der Waals surface area contributed by atoms with Crippen molar-refractivity contribution in [1.82, 2.24) is 0 Å². The van der Waals surface area contributed by atoms with Crippen molar-refractivity contribution in [2.24, 2.45) is 11.8 Å². The molecule has 0 aliphatic heterocycles. The van der Waals surface area contributed by atoms with Crippen LogP contribution in [-0.4, -0.2) is 39.3 Å². The summed E-state index contributed by atoms with van der Waals surface area (Å²) in [6.07, 6.45) is 9.35. The standard InChI is InChI=1S/C23H30O5/c24-19(14-17-8-4-3-5-9-17)13-12-18-15-20(25)16-22(26)21(18)10-6-1-2-7-11-23(27)28/h1,3-6,8-9,12-13,18-21,24-25H,2,7,10-11,14-16H2,(H,27,28)/t18-,19?,20-,21+/m0/s1. The first-order valence-corrected chi connectivity index (χ1v) is 9.93. The number of carbonyl (C=O) groups is 2. The first-order valence-electron chi connectivity index (χ1n) is 9.93. The first-order chi connectivity index (χ1) is 13.5. The highest BCUT2D eigenvalue weighted by molar-refractivity contribution is 5.83. The van der Waals surface area contributed by atoms with Crippen molar-refractivity contribution in [2.75, 3.05) is 0 Å². The van der Waals surface area contributed by atoms with E-state index in [4.69, 9.17) is 5.11 Å². The van der Waals surface area contributed by atoms with Gasteiger partial charge in [-0.15, -0.1) is 0 Å². The number of carboxylic acid groups (broad SMARTS) is 1. The number of Topliss-reactive ketones (excluding diaryl/α,β-unsaturated/α-hetero) is 1. The van der Waals surface area contributed by atoms with Gasteiger partial charge in [0.2, 0.25) is 0 Å². The molecule has 2 rings (SSSR count). The molecule has 3 N–H and O–H groups in total. The van der Waals surface area contributed by atoms with E-state index in [1.165, 1.54) is 0 Å². The molecule has 5 heteroatoms. The van der Waals surface area contributed by atoms with E-state index in [2.05, 4.69) is 0 Å². The number of hydrogen-bond acceptors (Lipinski definition) is 4. The Morgan fingerprint density at radius 1 is 1.21 bits per heavy atom. The van der Waals surface area contributed by atoms with Gasteiger partial charge >= 0.3 is 5.97 Å². The maximum Gasteiger partial charge on any atom is 0.303 e. The summed E-state index contributed by atoms with van der Waals surface area (Å²) in [6.45, 7) is 0. The van der Waals surface area contributed by atoms with Crippen molar-refractivity contribution in [3.05, 3.63) is 60.2 Å². The van der Waals surface area contributed by atoms with Crippen LogP contribution in [0.3, 0.4) is 0 Å². The van der Waals surface area contributed by atoms with Crippen LogP contribution in [0, 0.1) is 11.8 Å². The Kier molecular flexibility index (Phi) is 9.11. The van der Waals surface area contributed by atoms with Crippen LogP contribution in [0.1, 0.15) is 44.1 Å². The molecule has 0 aromatic heterocycles. The molecule has 0 spiro atoms. The minimum absolute atomic E-state index is 0.0427. The number of hydrogen-bond donors (Lipinski definition) is 3. The second kappa shape index (κ2) is 11.6. The molecule has 1 unspecified atom stereocenters. The van der Waals surface area contributed by atoms with E-state index in [9.17, 15) is 19.8 Å². The van der Waals surface area contributed by atoms with Crippen LogP contribution >= 0.6 is 0 Å². The van der Waals surface area contributed by atoms with E-state index in [1.807, 2.05) is 48.6 Å². The van der Waals surface area contributed by atoms with Gasteiger partial charge in [0.1, 0.15) is 5.78 Å². The molecule has 1 aromatic carbocycles. The van der Waals surface area contributed by atoms with Crippen LogP contribution < -0.4 is 0 Å². The van der Waals surface area contributed by atoms with Crippen LogP contribution in [0.15, 0.2) is 54.6 Å². The average molecular weight is 386 g/mol. The number of carbonyl (C=O) groups excluding carboxylic acids is 1. The molecule has 0 saturated heterocycles. The molecule has 5 nitrogen and oxygen atoms in total. The highest BCUT2D eigenvalue weighted by atomic mass is 16.4. The second-order valence-corrected chi connectivity index (χ2v) is 7.47. The predicted molar refractivity (Wildman–Crippen MR) is 108 cm³/mol. The molecule has 1 saturated carbocycles. The maximum atomic E-state index is 12.4. The number of aliphatic carboxylic acids is 1. The molecule has 0 radical (unpaired) electrons. The van der Waals surface area contributed by atoms with Crippen LogP contribution in [-0.2, 0) is 16.0 Å². The largest absolute Gasteiger partial charge is 0.481 e. The minimum Gasteiger partial charge on any atom is -0.481 e. The summed E-state index contributed by atoms with van der Waals surface area (Å²) in [5.41, 5.74) is 1.04. The van der Waals surface area contributed by atoms with Gasteiger partial charge in [-0.2, -0.15) is 0 Å². The third-order valence-electron chi connectivity index (χ3n) is 5.10. The number of aliphatic hydroxyl groups excluding tert-OH is 2. The fraction of sp³-hybridized carbons (Fsp3) is 0.478. The summed E-state index contributed by atoms with van der Waals surface area (Å²) >= 11 is 0. The lowest BCUT2D eigenvalue weighted by Gasteiger charge is -2.30. The highest BCUT2D eigenvalue weighted by Crippen LogP contribution is 2.32. The van der Waals surface area contributed by atoms with Gasteiger partial charge in [0, 0.05) is 25.2 Å². The Balaban J connectivity index is 1.91. The summed E-state index contributed by atoms with van der Waals surface area (Å²) in [4.78, 5) is 22.9.